The maximum atomic E-state index is 6.41. The Morgan fingerprint density at radius 2 is 1.12 bits per heavy atom. The van der Waals surface area contributed by atoms with Gasteiger partial charge in [0.15, 0.2) is 0 Å². The quantitative estimate of drug-likeness (QED) is 0.201. The molecule has 40 heavy (non-hydrogen) atoms. The van der Waals surface area contributed by atoms with Crippen LogP contribution in [0.25, 0.3) is 0 Å². The first-order valence-electron chi connectivity index (χ1n) is 14.0. The zero-order chi connectivity index (χ0) is 27.8. The van der Waals surface area contributed by atoms with Gasteiger partial charge in [0.05, 0.1) is 24.4 Å². The lowest BCUT2D eigenvalue weighted by Gasteiger charge is -2.44. The third-order valence-corrected chi connectivity index (χ3v) is 10.1. The minimum Gasteiger partial charge on any atom is -0.371 e. The largest absolute Gasteiger partial charge is 0.371 e. The summed E-state index contributed by atoms with van der Waals surface area (Å²) in [6.07, 6.45) is 0. The number of anilines is 3. The Labute approximate surface area is 246 Å². The predicted octanol–water partition coefficient (Wildman–Crippen LogP) is 7.55. The van der Waals surface area contributed by atoms with E-state index in [0.29, 0.717) is 13.2 Å². The van der Waals surface area contributed by atoms with E-state index in [9.17, 15) is 0 Å². The van der Waals surface area contributed by atoms with Crippen molar-refractivity contribution in [2.45, 2.75) is 85.5 Å². The molecule has 0 bridgehead atoms. The van der Waals surface area contributed by atoms with E-state index >= 15 is 0 Å². The molecule has 3 heterocycles. The molecule has 0 fully saturated rings. The highest BCUT2D eigenvalue weighted by atomic mass is 32.2. The van der Waals surface area contributed by atoms with Crippen molar-refractivity contribution >= 4 is 63.7 Å². The van der Waals surface area contributed by atoms with Gasteiger partial charge in [0, 0.05) is 36.6 Å². The third-order valence-electron chi connectivity index (χ3n) is 7.61. The van der Waals surface area contributed by atoms with Gasteiger partial charge in [-0.05, 0) is 112 Å². The van der Waals surface area contributed by atoms with Gasteiger partial charge in [0.1, 0.15) is 0 Å². The van der Waals surface area contributed by atoms with Gasteiger partial charge in [-0.25, -0.2) is 0 Å². The Bertz CT molecular complexity index is 1540. The minimum absolute atomic E-state index is 0.188. The summed E-state index contributed by atoms with van der Waals surface area (Å²) in [4.78, 5) is 7.85. The summed E-state index contributed by atoms with van der Waals surface area (Å²) in [6, 6.07) is 26.8. The number of rotatable bonds is 5. The molecular formula is C34H34BNO2S2. The van der Waals surface area contributed by atoms with Crippen molar-refractivity contribution in [3.05, 3.63) is 83.9 Å². The summed E-state index contributed by atoms with van der Waals surface area (Å²) in [7, 11) is 0. The molecule has 0 aliphatic carbocycles. The van der Waals surface area contributed by atoms with E-state index in [1.807, 2.05) is 23.5 Å². The van der Waals surface area contributed by atoms with E-state index in [0.717, 1.165) is 0 Å². The number of nitrogens with zero attached hydrogens (tertiary/aromatic N) is 1. The Balaban J connectivity index is 1.48. The molecule has 0 N–H and O–H groups in total. The molecule has 0 aromatic heterocycles. The highest BCUT2D eigenvalue weighted by molar-refractivity contribution is 8.01. The molecule has 6 heteroatoms. The summed E-state index contributed by atoms with van der Waals surface area (Å²) in [5.41, 5.74) is 10.1. The zero-order valence-electron chi connectivity index (χ0n) is 24.0. The molecule has 202 valence electrons. The lowest BCUT2D eigenvalue weighted by molar-refractivity contribution is -0.0182. The maximum Gasteiger partial charge on any atom is 0.252 e. The monoisotopic (exact) mass is 563 g/mol. The fourth-order valence-electron chi connectivity index (χ4n) is 5.95. The average molecular weight is 564 g/mol. The zero-order valence-corrected chi connectivity index (χ0v) is 25.6. The van der Waals surface area contributed by atoms with Crippen LogP contribution in [0.1, 0.15) is 52.7 Å². The molecule has 0 unspecified atom stereocenters. The lowest BCUT2D eigenvalue weighted by atomic mass is 9.34. The first-order valence-corrected chi connectivity index (χ1v) is 15.7. The number of hydrogen-bond donors (Lipinski definition) is 0. The predicted molar refractivity (Wildman–Crippen MR) is 170 cm³/mol. The molecule has 0 saturated carbocycles. The van der Waals surface area contributed by atoms with E-state index < -0.39 is 0 Å². The van der Waals surface area contributed by atoms with Crippen LogP contribution in [0.3, 0.4) is 0 Å². The number of hydrogen-bond acceptors (Lipinski definition) is 5. The molecule has 0 radical (unpaired) electrons. The Kier molecular flexibility index (Phi) is 6.21. The van der Waals surface area contributed by atoms with Gasteiger partial charge in [0.2, 0.25) is 0 Å². The third kappa shape index (κ3) is 4.41. The van der Waals surface area contributed by atoms with Crippen molar-refractivity contribution < 1.29 is 9.47 Å². The van der Waals surface area contributed by atoms with Gasteiger partial charge >= 0.3 is 0 Å². The number of ether oxygens (including phenoxy) is 2. The van der Waals surface area contributed by atoms with Crippen LogP contribution in [0.2, 0.25) is 0 Å². The summed E-state index contributed by atoms with van der Waals surface area (Å²) in [6.45, 7) is 14.1. The molecule has 4 aromatic carbocycles. The first kappa shape index (κ1) is 26.3. The average Bonchev–Trinajstić information content (AvgIpc) is 2.91. The molecule has 0 saturated heterocycles. The van der Waals surface area contributed by atoms with Gasteiger partial charge in [-0.2, -0.15) is 0 Å². The summed E-state index contributed by atoms with van der Waals surface area (Å²) in [5, 5.41) is 0. The molecule has 3 aliphatic rings. The van der Waals surface area contributed by atoms with E-state index in [4.69, 9.17) is 9.47 Å². The van der Waals surface area contributed by atoms with Gasteiger partial charge in [-0.15, -0.1) is 0 Å². The molecule has 3 aliphatic heterocycles. The normalized spacial score (nSPS) is 14.8. The van der Waals surface area contributed by atoms with Gasteiger partial charge in [-0.1, -0.05) is 53.9 Å². The van der Waals surface area contributed by atoms with Crippen LogP contribution in [0.15, 0.2) is 92.4 Å². The lowest BCUT2D eigenvalue weighted by Crippen LogP contribution is -2.62. The van der Waals surface area contributed by atoms with Crippen LogP contribution in [-0.2, 0) is 22.7 Å². The molecule has 4 aromatic rings. The van der Waals surface area contributed by atoms with Gasteiger partial charge in [0.25, 0.3) is 6.71 Å². The van der Waals surface area contributed by atoms with E-state index in [1.165, 1.54) is 64.2 Å². The second-order valence-electron chi connectivity index (χ2n) is 12.8. The highest BCUT2D eigenvalue weighted by Crippen LogP contribution is 2.48. The summed E-state index contributed by atoms with van der Waals surface area (Å²) >= 11 is 3.83. The standard InChI is InChI=1S/C34H34BNO2S2/c1-33(2,3)37-19-21-18-22(20-38-34(4,5)6)32-30-31(21)39-26-16-10-14-24-28(26)35(30)29-25(15-11-17-27(29)40-32)36(24)23-12-8-7-9-13-23/h7-18H,19-20H2,1-6H3. The molecule has 0 spiro atoms. The maximum absolute atomic E-state index is 6.41. The topological polar surface area (TPSA) is 21.7 Å². The first-order chi connectivity index (χ1) is 19.1. The Morgan fingerprint density at radius 3 is 1.60 bits per heavy atom. The SMILES string of the molecule is CC(C)(C)OCc1cc(COC(C)(C)C)c2c3c1Sc1cccc4c1B3c1c(cccc1N4c1ccccc1)S2. The van der Waals surface area contributed by atoms with E-state index in [1.54, 1.807) is 0 Å². The van der Waals surface area contributed by atoms with Crippen LogP contribution in [-0.4, -0.2) is 17.9 Å². The van der Waals surface area contributed by atoms with Crippen LogP contribution in [0, 0.1) is 0 Å². The van der Waals surface area contributed by atoms with Crippen LogP contribution in [0.5, 0.6) is 0 Å². The Morgan fingerprint density at radius 1 is 0.625 bits per heavy atom. The van der Waals surface area contributed by atoms with Crippen molar-refractivity contribution in [3.8, 4) is 0 Å². The van der Waals surface area contributed by atoms with Crippen molar-refractivity contribution in [2.24, 2.45) is 0 Å². The summed E-state index contributed by atoms with van der Waals surface area (Å²) in [5.74, 6) is 0. The number of para-hydroxylation sites is 1. The van der Waals surface area contributed by atoms with Crippen LogP contribution >= 0.6 is 23.5 Å². The van der Waals surface area contributed by atoms with Crippen LogP contribution < -0.4 is 21.3 Å². The molecule has 0 amide bonds. The van der Waals surface area contributed by atoms with E-state index in [2.05, 4.69) is 119 Å². The second-order valence-corrected chi connectivity index (χ2v) is 14.9. The molecular weight excluding hydrogens is 529 g/mol. The van der Waals surface area contributed by atoms with Crippen molar-refractivity contribution in [2.75, 3.05) is 4.90 Å². The highest BCUT2D eigenvalue weighted by Gasteiger charge is 2.46. The molecule has 3 nitrogen and oxygen atoms in total. The minimum atomic E-state index is -0.218. The molecule has 7 rings (SSSR count). The molecule has 0 atom stereocenters. The second kappa shape index (κ2) is 9.45. The smallest absolute Gasteiger partial charge is 0.252 e. The number of benzene rings is 4. The van der Waals surface area contributed by atoms with Crippen LogP contribution in [0.4, 0.5) is 17.1 Å². The van der Waals surface area contributed by atoms with Gasteiger partial charge in [-0.3, -0.25) is 0 Å². The summed E-state index contributed by atoms with van der Waals surface area (Å²) < 4.78 is 12.8. The van der Waals surface area contributed by atoms with Crippen molar-refractivity contribution in [1.82, 2.24) is 0 Å². The fourth-order valence-corrected chi connectivity index (χ4v) is 8.57. The van der Waals surface area contributed by atoms with E-state index in [-0.39, 0.29) is 17.9 Å². The fraction of sp³-hybridized carbons (Fsp3) is 0.294. The van der Waals surface area contributed by atoms with Crippen molar-refractivity contribution in [3.63, 3.8) is 0 Å². The Hall–Kier alpha value is -2.64. The van der Waals surface area contributed by atoms with Gasteiger partial charge < -0.3 is 14.4 Å². The van der Waals surface area contributed by atoms with Crippen molar-refractivity contribution in [1.29, 1.82) is 0 Å².